The Morgan fingerprint density at radius 1 is 1.12 bits per heavy atom. The highest BCUT2D eigenvalue weighted by atomic mass is 35.5. The van der Waals surface area contributed by atoms with Crippen molar-refractivity contribution in [2.75, 3.05) is 40.3 Å². The van der Waals surface area contributed by atoms with Gasteiger partial charge in [0.25, 0.3) is 0 Å². The Labute approximate surface area is 257 Å². The highest BCUT2D eigenvalue weighted by molar-refractivity contribution is 7.93. The number of esters is 1. The van der Waals surface area contributed by atoms with Gasteiger partial charge in [0.2, 0.25) is 10.0 Å². The summed E-state index contributed by atoms with van der Waals surface area (Å²) in [6.07, 6.45) is 8.15. The molecule has 0 N–H and O–H groups in total. The van der Waals surface area contributed by atoms with Crippen molar-refractivity contribution in [3.8, 4) is 5.82 Å². The summed E-state index contributed by atoms with van der Waals surface area (Å²) in [6.45, 7) is 5.98. The van der Waals surface area contributed by atoms with Gasteiger partial charge in [-0.15, -0.1) is 0 Å². The number of allylic oxidation sites excluding steroid dienone is 3. The molecule has 3 aromatic rings. The molecule has 42 heavy (non-hydrogen) atoms. The quantitative estimate of drug-likeness (QED) is 0.344. The van der Waals surface area contributed by atoms with Crippen LogP contribution in [-0.4, -0.2) is 75.1 Å². The van der Waals surface area contributed by atoms with E-state index in [4.69, 9.17) is 27.9 Å². The molecule has 14 heteroatoms. The molecule has 1 aliphatic carbocycles. The highest BCUT2D eigenvalue weighted by Crippen LogP contribution is 2.33. The van der Waals surface area contributed by atoms with E-state index in [1.54, 1.807) is 51.4 Å². The number of rotatable bonds is 7. The van der Waals surface area contributed by atoms with Gasteiger partial charge in [0.05, 0.1) is 23.6 Å². The largest absolute Gasteiger partial charge is 0.459 e. The number of nitrogens with zero attached hydrogens (tertiary/aromatic N) is 5. The number of carbonyl (C=O) groups excluding carboxylic acids is 1. The first-order valence-electron chi connectivity index (χ1n) is 13.3. The smallest absolute Gasteiger partial charge is 0.327 e. The summed E-state index contributed by atoms with van der Waals surface area (Å²) in [7, 11) is -4.91. The first-order valence-corrected chi connectivity index (χ1v) is 17.1. The fourth-order valence-electron chi connectivity index (χ4n) is 4.81. The third-order valence-corrected chi connectivity index (χ3v) is 10.5. The monoisotopic (exact) mass is 651 g/mol. The molecule has 0 saturated carbocycles. The van der Waals surface area contributed by atoms with Crippen LogP contribution in [0, 0.1) is 0 Å². The van der Waals surface area contributed by atoms with Crippen molar-refractivity contribution in [2.24, 2.45) is 0 Å². The van der Waals surface area contributed by atoms with Gasteiger partial charge in [-0.05, 0) is 57.2 Å². The van der Waals surface area contributed by atoms with Crippen molar-refractivity contribution >= 4 is 72.4 Å². The lowest BCUT2D eigenvalue weighted by Gasteiger charge is -2.30. The second-order valence-corrected chi connectivity index (χ2v) is 15.7. The fourth-order valence-corrected chi connectivity index (χ4v) is 8.38. The molecule has 1 aliphatic heterocycles. The summed E-state index contributed by atoms with van der Waals surface area (Å²) < 4.78 is 47.9. The molecule has 1 unspecified atom stereocenters. The van der Waals surface area contributed by atoms with Crippen molar-refractivity contribution in [3.63, 3.8) is 0 Å². The van der Waals surface area contributed by atoms with Crippen molar-refractivity contribution in [3.05, 3.63) is 65.1 Å². The lowest BCUT2D eigenvalue weighted by Crippen LogP contribution is -2.43. The molecule has 5 rings (SSSR count). The zero-order valence-electron chi connectivity index (χ0n) is 23.4. The van der Waals surface area contributed by atoms with E-state index in [0.29, 0.717) is 41.1 Å². The highest BCUT2D eigenvalue weighted by Gasteiger charge is 2.35. The Kier molecular flexibility index (Phi) is 8.71. The molecule has 0 amide bonds. The molecule has 1 atom stereocenters. The zero-order valence-corrected chi connectivity index (χ0v) is 26.5. The maximum absolute atomic E-state index is 13.9. The van der Waals surface area contributed by atoms with Gasteiger partial charge in [-0.2, -0.15) is 0 Å². The summed E-state index contributed by atoms with van der Waals surface area (Å²) in [5, 5.41) is 0.200. The van der Waals surface area contributed by atoms with E-state index >= 15 is 0 Å². The van der Waals surface area contributed by atoms with Gasteiger partial charge in [-0.25, -0.2) is 18.4 Å². The summed E-state index contributed by atoms with van der Waals surface area (Å²) in [5.74, 6) is 1.85. The number of anilines is 2. The number of aromatic nitrogens is 3. The Morgan fingerprint density at radius 3 is 2.45 bits per heavy atom. The van der Waals surface area contributed by atoms with E-state index in [2.05, 4.69) is 14.9 Å². The molecule has 10 nitrogen and oxygen atoms in total. The normalized spacial score (nSPS) is 18.5. The third-order valence-electron chi connectivity index (χ3n) is 6.75. The molecule has 0 radical (unpaired) electrons. The predicted molar refractivity (Wildman–Crippen MR) is 167 cm³/mol. The number of fused-ring (bicyclic) bond motifs is 1. The van der Waals surface area contributed by atoms with Crippen LogP contribution < -0.4 is 9.21 Å². The van der Waals surface area contributed by atoms with Crippen molar-refractivity contribution < 1.29 is 22.2 Å². The molecular formula is C28H31Cl2N5O5S2. The number of hydrogen-bond acceptors (Lipinski definition) is 8. The van der Waals surface area contributed by atoms with Gasteiger partial charge >= 0.3 is 5.97 Å². The van der Waals surface area contributed by atoms with Gasteiger partial charge in [0.1, 0.15) is 23.2 Å². The van der Waals surface area contributed by atoms with Gasteiger partial charge < -0.3 is 9.64 Å². The number of hydrogen-bond donors (Lipinski definition) is 0. The van der Waals surface area contributed by atoms with Crippen LogP contribution in [0.1, 0.15) is 27.2 Å². The summed E-state index contributed by atoms with van der Waals surface area (Å²) in [4.78, 5) is 24.1. The predicted octanol–water partition coefficient (Wildman–Crippen LogP) is 4.48. The maximum atomic E-state index is 13.9. The molecule has 224 valence electrons. The van der Waals surface area contributed by atoms with Gasteiger partial charge in [-0.3, -0.25) is 17.9 Å². The molecule has 1 aromatic carbocycles. The third kappa shape index (κ3) is 6.82. The van der Waals surface area contributed by atoms with Gasteiger partial charge in [0, 0.05) is 63.5 Å². The van der Waals surface area contributed by atoms with Crippen molar-refractivity contribution in [1.29, 1.82) is 0 Å². The van der Waals surface area contributed by atoms with Crippen LogP contribution in [0.25, 0.3) is 16.7 Å². The molecule has 1 saturated heterocycles. The topological polar surface area (TPSA) is 115 Å². The second-order valence-electron chi connectivity index (χ2n) is 11.0. The number of sulfonamides is 1. The Morgan fingerprint density at radius 2 is 1.81 bits per heavy atom. The van der Waals surface area contributed by atoms with Crippen LogP contribution in [0.5, 0.6) is 0 Å². The first kappa shape index (κ1) is 30.5. The van der Waals surface area contributed by atoms with Crippen molar-refractivity contribution in [2.45, 2.75) is 38.0 Å². The average Bonchev–Trinajstić information content (AvgIpc) is 3.34. The number of benzene rings is 1. The van der Waals surface area contributed by atoms with Crippen LogP contribution >= 0.6 is 23.2 Å². The molecule has 0 spiro atoms. The Hall–Kier alpha value is -2.93. The van der Waals surface area contributed by atoms with E-state index in [0.717, 1.165) is 21.0 Å². The van der Waals surface area contributed by atoms with Gasteiger partial charge in [-0.1, -0.05) is 23.2 Å². The minimum absolute atomic E-state index is 0.0352. The summed E-state index contributed by atoms with van der Waals surface area (Å²) >= 11 is 12.3. The average molecular weight is 653 g/mol. The number of halogens is 2. The molecule has 1 fully saturated rings. The minimum atomic E-state index is -4.13. The second kappa shape index (κ2) is 12.0. The zero-order chi connectivity index (χ0) is 30.2. The van der Waals surface area contributed by atoms with E-state index in [9.17, 15) is 17.4 Å². The summed E-state index contributed by atoms with van der Waals surface area (Å²) in [5.41, 5.74) is 0.276. The van der Waals surface area contributed by atoms with Crippen LogP contribution in [0.4, 0.5) is 11.5 Å². The van der Waals surface area contributed by atoms with Crippen LogP contribution in [-0.2, 0) is 30.4 Å². The Balaban J connectivity index is 1.46. The minimum Gasteiger partial charge on any atom is -0.459 e. The number of carbonyl (C=O) groups is 1. The van der Waals surface area contributed by atoms with E-state index < -0.39 is 44.2 Å². The molecule has 2 aromatic heterocycles. The van der Waals surface area contributed by atoms with Crippen LogP contribution in [0.2, 0.25) is 0 Å². The van der Waals surface area contributed by atoms with E-state index in [1.807, 2.05) is 16.8 Å². The molecule has 2 aliphatic rings. The van der Waals surface area contributed by atoms with E-state index in [1.165, 1.54) is 12.2 Å². The number of ether oxygens (including phenoxy) is 1. The Bertz CT molecular complexity index is 1690. The molecule has 0 bridgehead atoms. The fraction of sp³-hybridized carbons (Fsp3) is 0.393. The summed E-state index contributed by atoms with van der Waals surface area (Å²) in [6, 6.07) is 6.95. The molecular weight excluding hydrogens is 621 g/mol. The van der Waals surface area contributed by atoms with E-state index in [-0.39, 0.29) is 11.5 Å². The lowest BCUT2D eigenvalue weighted by molar-refractivity contribution is -0.152. The van der Waals surface area contributed by atoms with Gasteiger partial charge in [0.15, 0.2) is 5.82 Å². The lowest BCUT2D eigenvalue weighted by atomic mass is 10.2. The van der Waals surface area contributed by atoms with Crippen LogP contribution in [0.3, 0.4) is 0 Å². The van der Waals surface area contributed by atoms with Crippen LogP contribution in [0.15, 0.2) is 65.1 Å². The first-order chi connectivity index (χ1) is 19.8. The van der Waals surface area contributed by atoms with Crippen molar-refractivity contribution in [1.82, 2.24) is 14.5 Å². The SMILES string of the molecule is CC(C)(C)OC(=O)CN(c1ccc2c(ccn2-c2cnc(N3CCS(=O)CC3)cn2)c1)S(=O)(=O)C1C=C(Cl)C=C(Cl)C1. The standard InChI is InChI=1S/C28H31Cl2N5O5S2/c1-28(2,3)40-27(36)18-35(42(38,39)23-14-20(29)13-21(30)15-23)22-4-5-24-19(12-22)6-7-34(24)26-17-31-25(16-32-26)33-8-10-41(37)11-9-33/h4-7,12-14,16-17,23H,8-11,15,18H2,1-3H3. The maximum Gasteiger partial charge on any atom is 0.327 e. The molecule has 3 heterocycles.